The first kappa shape index (κ1) is 41.4. The number of benzene rings is 8. The molecule has 8 aromatic carbocycles. The molecule has 0 radical (unpaired) electrons. The number of allylic oxidation sites excluding steroid dienone is 6. The molecule has 1 heteroatoms. The van der Waals surface area contributed by atoms with Gasteiger partial charge < -0.3 is 4.90 Å². The first-order chi connectivity index (χ1) is 32.1. The van der Waals surface area contributed by atoms with Crippen molar-refractivity contribution in [3.8, 4) is 23.5 Å². The molecule has 0 spiro atoms. The molecule has 65 heavy (non-hydrogen) atoms. The maximum absolute atomic E-state index is 5.73. The molecule has 8 aromatic rings. The van der Waals surface area contributed by atoms with Crippen LogP contribution in [0.5, 0.6) is 0 Å². The zero-order valence-electron chi connectivity index (χ0n) is 37.0. The van der Waals surface area contributed by atoms with Gasteiger partial charge in [-0.2, -0.15) is 0 Å². The maximum Gasteiger partial charge on any atom is 0.0708 e. The molecule has 0 saturated carbocycles. The van der Waals surface area contributed by atoms with Crippen molar-refractivity contribution in [2.45, 2.75) is 42.9 Å². The lowest BCUT2D eigenvalue weighted by molar-refractivity contribution is 0.587. The summed E-state index contributed by atoms with van der Waals surface area (Å²) in [5, 5.41) is 0. The molecule has 314 valence electrons. The van der Waals surface area contributed by atoms with E-state index in [4.69, 9.17) is 6.42 Å². The number of hydrogen-bond donors (Lipinski definition) is 0. The van der Waals surface area contributed by atoms with Crippen molar-refractivity contribution < 1.29 is 0 Å². The zero-order chi connectivity index (χ0) is 44.1. The van der Waals surface area contributed by atoms with E-state index in [2.05, 4.69) is 254 Å². The van der Waals surface area contributed by atoms with Gasteiger partial charge in [-0.05, 0) is 112 Å². The van der Waals surface area contributed by atoms with Crippen LogP contribution in [-0.4, -0.2) is 6.54 Å². The van der Waals surface area contributed by atoms with Crippen LogP contribution in [0.3, 0.4) is 0 Å². The Balaban J connectivity index is 1.18. The molecule has 1 unspecified atom stereocenters. The Hall–Kier alpha value is -7.66. The Labute approximate surface area is 385 Å². The lowest BCUT2D eigenvalue weighted by atomic mass is 9.50. The molecule has 1 atom stereocenters. The van der Waals surface area contributed by atoms with Crippen LogP contribution in [0.2, 0.25) is 0 Å². The predicted molar refractivity (Wildman–Crippen MR) is 273 cm³/mol. The largest absolute Gasteiger partial charge is 0.341 e. The van der Waals surface area contributed by atoms with Crippen LogP contribution in [0.15, 0.2) is 254 Å². The maximum atomic E-state index is 5.73. The SMILES string of the molecule is C#C/C=C\CC(CN(c1ccc(-c2ccccc2)cc1)c1ccc(C2(C3=CC=C(C)CC3)c3ccccc3C(c3ccccc3)(c3ccccc3)c3ccccc32)cc1)c1ccccc1. The topological polar surface area (TPSA) is 3.24 Å². The van der Waals surface area contributed by atoms with Crippen molar-refractivity contribution in [1.82, 2.24) is 0 Å². The summed E-state index contributed by atoms with van der Waals surface area (Å²) in [5.41, 5.74) is 16.8. The van der Waals surface area contributed by atoms with Gasteiger partial charge in [0.05, 0.1) is 10.8 Å². The fourth-order valence-corrected chi connectivity index (χ4v) is 10.9. The van der Waals surface area contributed by atoms with E-state index in [9.17, 15) is 0 Å². The highest BCUT2D eigenvalue weighted by Gasteiger charge is 2.54. The van der Waals surface area contributed by atoms with E-state index in [-0.39, 0.29) is 5.92 Å². The average Bonchev–Trinajstić information content (AvgIpc) is 3.38. The zero-order valence-corrected chi connectivity index (χ0v) is 37.0. The number of anilines is 2. The number of terminal acetylenes is 1. The second kappa shape index (κ2) is 18.2. The standard InChI is InChI=1S/C64H53N/c1-3-4-9-26-52(50-24-12-6-13-25-50)47-65(57-43-37-51(38-44-57)49-22-10-5-11-23-49)58-45-41-56(42-46-58)64(55-39-35-48(2)36-40-55)61-33-20-18-31-59(61)63(53-27-14-7-15-28-53,54-29-16-8-17-30-54)60-32-19-21-34-62(60)64/h1,4-25,27-35,37-39,41-46,52H,26,36,40,47H2,2H3/b9-4-. The van der Waals surface area contributed by atoms with Crippen LogP contribution >= 0.6 is 0 Å². The second-order valence-corrected chi connectivity index (χ2v) is 17.5. The highest BCUT2D eigenvalue weighted by atomic mass is 15.1. The summed E-state index contributed by atoms with van der Waals surface area (Å²) in [5.74, 6) is 2.92. The summed E-state index contributed by atoms with van der Waals surface area (Å²) in [7, 11) is 0. The van der Waals surface area contributed by atoms with Gasteiger partial charge in [-0.1, -0.05) is 229 Å². The Morgan fingerprint density at radius 2 is 0.938 bits per heavy atom. The normalized spacial score (nSPS) is 15.1. The van der Waals surface area contributed by atoms with Crippen LogP contribution < -0.4 is 4.90 Å². The van der Waals surface area contributed by atoms with Crippen molar-refractivity contribution in [3.63, 3.8) is 0 Å². The lowest BCUT2D eigenvalue weighted by Crippen LogP contribution is -2.46. The summed E-state index contributed by atoms with van der Waals surface area (Å²) in [6, 6.07) is 81.1. The third-order valence-corrected chi connectivity index (χ3v) is 13.9. The molecule has 0 saturated heterocycles. The second-order valence-electron chi connectivity index (χ2n) is 17.5. The van der Waals surface area contributed by atoms with Gasteiger partial charge >= 0.3 is 0 Å². The van der Waals surface area contributed by atoms with Gasteiger partial charge in [0, 0.05) is 23.8 Å². The lowest BCUT2D eigenvalue weighted by Gasteiger charge is -2.52. The number of fused-ring (bicyclic) bond motifs is 2. The van der Waals surface area contributed by atoms with Crippen molar-refractivity contribution in [2.24, 2.45) is 0 Å². The first-order valence-corrected chi connectivity index (χ1v) is 23.0. The molecule has 0 N–H and O–H groups in total. The highest BCUT2D eigenvalue weighted by Crippen LogP contribution is 2.61. The van der Waals surface area contributed by atoms with Crippen molar-refractivity contribution in [1.29, 1.82) is 0 Å². The molecule has 0 aromatic heterocycles. The van der Waals surface area contributed by atoms with Crippen LogP contribution in [0.1, 0.15) is 76.6 Å². The van der Waals surface area contributed by atoms with E-state index in [0.29, 0.717) is 0 Å². The Bertz CT molecular complexity index is 2930. The molecular formula is C64H53N. The molecule has 2 aliphatic carbocycles. The van der Waals surface area contributed by atoms with Crippen LogP contribution in [0.4, 0.5) is 11.4 Å². The monoisotopic (exact) mass is 835 g/mol. The minimum Gasteiger partial charge on any atom is -0.341 e. The van der Waals surface area contributed by atoms with Gasteiger partial charge in [0.1, 0.15) is 0 Å². The molecule has 10 rings (SSSR count). The number of hydrogen-bond acceptors (Lipinski definition) is 1. The molecule has 0 fully saturated rings. The third kappa shape index (κ3) is 7.46. The summed E-state index contributed by atoms with van der Waals surface area (Å²) >= 11 is 0. The Morgan fingerprint density at radius 1 is 0.492 bits per heavy atom. The van der Waals surface area contributed by atoms with E-state index in [1.165, 1.54) is 66.8 Å². The van der Waals surface area contributed by atoms with Crippen LogP contribution in [-0.2, 0) is 10.8 Å². The quantitative estimate of drug-likeness (QED) is 0.111. The molecule has 0 amide bonds. The molecule has 0 bridgehead atoms. The number of rotatable bonds is 12. The third-order valence-electron chi connectivity index (χ3n) is 13.9. The summed E-state index contributed by atoms with van der Waals surface area (Å²) in [4.78, 5) is 2.50. The molecular weight excluding hydrogens is 783 g/mol. The fourth-order valence-electron chi connectivity index (χ4n) is 10.9. The molecule has 0 aliphatic heterocycles. The first-order valence-electron chi connectivity index (χ1n) is 23.0. The van der Waals surface area contributed by atoms with Crippen LogP contribution in [0, 0.1) is 12.3 Å². The van der Waals surface area contributed by atoms with Crippen LogP contribution in [0.25, 0.3) is 11.1 Å². The van der Waals surface area contributed by atoms with Crippen molar-refractivity contribution in [3.05, 3.63) is 298 Å². The summed E-state index contributed by atoms with van der Waals surface area (Å²) in [6.07, 6.45) is 17.3. The average molecular weight is 836 g/mol. The summed E-state index contributed by atoms with van der Waals surface area (Å²) < 4.78 is 0. The number of nitrogens with zero attached hydrogens (tertiary/aromatic N) is 1. The smallest absolute Gasteiger partial charge is 0.0708 e. The molecule has 0 heterocycles. The van der Waals surface area contributed by atoms with E-state index in [1.807, 2.05) is 6.08 Å². The van der Waals surface area contributed by atoms with Gasteiger partial charge in [0.2, 0.25) is 0 Å². The minimum absolute atomic E-state index is 0.198. The van der Waals surface area contributed by atoms with Gasteiger partial charge in [0.15, 0.2) is 0 Å². The van der Waals surface area contributed by atoms with Crippen molar-refractivity contribution >= 4 is 11.4 Å². The van der Waals surface area contributed by atoms with E-state index in [0.717, 1.165) is 37.2 Å². The fraction of sp³-hybridized carbons (Fsp3) is 0.125. The molecule has 1 nitrogen and oxygen atoms in total. The highest BCUT2D eigenvalue weighted by molar-refractivity contribution is 5.77. The predicted octanol–water partition coefficient (Wildman–Crippen LogP) is 15.6. The van der Waals surface area contributed by atoms with Gasteiger partial charge in [-0.15, -0.1) is 6.42 Å². The van der Waals surface area contributed by atoms with Gasteiger partial charge in [-0.3, -0.25) is 0 Å². The van der Waals surface area contributed by atoms with Gasteiger partial charge in [0.25, 0.3) is 0 Å². The van der Waals surface area contributed by atoms with E-state index >= 15 is 0 Å². The minimum atomic E-state index is -0.551. The van der Waals surface area contributed by atoms with E-state index < -0.39 is 10.8 Å². The van der Waals surface area contributed by atoms with Gasteiger partial charge in [-0.25, -0.2) is 0 Å². The Kier molecular flexibility index (Phi) is 11.6. The summed E-state index contributed by atoms with van der Waals surface area (Å²) in [6.45, 7) is 3.03. The van der Waals surface area contributed by atoms with Crippen molar-refractivity contribution in [2.75, 3.05) is 11.4 Å². The Morgan fingerprint density at radius 3 is 1.45 bits per heavy atom. The molecule has 2 aliphatic rings. The van der Waals surface area contributed by atoms with E-state index in [1.54, 1.807) is 0 Å².